The number of nitrogens with zero attached hydrogens (tertiary/aromatic N) is 1. The van der Waals surface area contributed by atoms with Gasteiger partial charge >= 0.3 is 0 Å². The summed E-state index contributed by atoms with van der Waals surface area (Å²) in [5, 5.41) is 0. The van der Waals surface area contributed by atoms with E-state index in [1.54, 1.807) is 18.3 Å². The van der Waals surface area contributed by atoms with Crippen LogP contribution in [0.25, 0.3) is 0 Å². The van der Waals surface area contributed by atoms with Crippen LogP contribution in [0.4, 0.5) is 0 Å². The molecule has 5 heteroatoms. The van der Waals surface area contributed by atoms with Gasteiger partial charge in [0.25, 0.3) is 0 Å². The van der Waals surface area contributed by atoms with Crippen LogP contribution in [0.5, 0.6) is 5.75 Å². The molecule has 2 heterocycles. The van der Waals surface area contributed by atoms with Crippen LogP contribution in [0.1, 0.15) is 15.9 Å². The van der Waals surface area contributed by atoms with Crippen LogP contribution in [0.2, 0.25) is 0 Å². The van der Waals surface area contributed by atoms with Gasteiger partial charge in [-0.25, -0.2) is 0 Å². The molecule has 0 spiro atoms. The summed E-state index contributed by atoms with van der Waals surface area (Å²) in [4.78, 5) is 15.9. The first-order valence-corrected chi connectivity index (χ1v) is 5.28. The van der Waals surface area contributed by atoms with Gasteiger partial charge in [0, 0.05) is 11.8 Å². The highest BCUT2D eigenvalue weighted by Gasteiger charge is 2.15. The monoisotopic (exact) mass is 281 g/mol. The van der Waals surface area contributed by atoms with Crippen molar-refractivity contribution in [1.82, 2.24) is 4.98 Å². The van der Waals surface area contributed by atoms with Gasteiger partial charge in [-0.05, 0) is 28.1 Å². The summed E-state index contributed by atoms with van der Waals surface area (Å²) in [7, 11) is 1.53. The highest BCUT2D eigenvalue weighted by Crippen LogP contribution is 2.22. The third kappa shape index (κ3) is 1.99. The second-order valence-corrected chi connectivity index (χ2v) is 3.77. The average molecular weight is 282 g/mol. The molecule has 0 aliphatic heterocycles. The molecule has 0 unspecified atom stereocenters. The lowest BCUT2D eigenvalue weighted by Gasteiger charge is -2.01. The molecule has 0 fully saturated rings. The number of halogens is 1. The van der Waals surface area contributed by atoms with Crippen LogP contribution < -0.4 is 4.74 Å². The third-order valence-electron chi connectivity index (χ3n) is 2.07. The minimum absolute atomic E-state index is 0.160. The summed E-state index contributed by atoms with van der Waals surface area (Å²) in [6.07, 6.45) is 4.48. The first kappa shape index (κ1) is 10.9. The van der Waals surface area contributed by atoms with Crippen LogP contribution in [0, 0.1) is 0 Å². The molecule has 2 aromatic heterocycles. The van der Waals surface area contributed by atoms with Gasteiger partial charge in [0.2, 0.25) is 0 Å². The molecule has 0 aliphatic carbocycles. The van der Waals surface area contributed by atoms with Crippen molar-refractivity contribution in [3.63, 3.8) is 0 Å². The zero-order chi connectivity index (χ0) is 11.5. The topological polar surface area (TPSA) is 52.3 Å². The Hall–Kier alpha value is -1.62. The van der Waals surface area contributed by atoms with E-state index in [9.17, 15) is 4.79 Å². The quantitative estimate of drug-likeness (QED) is 0.812. The first-order valence-electron chi connectivity index (χ1n) is 4.49. The summed E-state index contributed by atoms with van der Waals surface area (Å²) in [5.74, 6) is 0.387. The number of carbonyl (C=O) groups is 1. The minimum Gasteiger partial charge on any atom is -0.495 e. The molecule has 4 nitrogen and oxygen atoms in total. The summed E-state index contributed by atoms with van der Waals surface area (Å²) in [5.41, 5.74) is 0.927. The Kier molecular flexibility index (Phi) is 3.05. The van der Waals surface area contributed by atoms with Crippen molar-refractivity contribution in [3.8, 4) is 5.75 Å². The number of hydrogen-bond acceptors (Lipinski definition) is 4. The number of ether oxygens (including phenoxy) is 1. The van der Waals surface area contributed by atoms with Crippen molar-refractivity contribution in [3.05, 3.63) is 46.6 Å². The van der Waals surface area contributed by atoms with E-state index in [-0.39, 0.29) is 5.78 Å². The maximum absolute atomic E-state index is 12.0. The van der Waals surface area contributed by atoms with Crippen molar-refractivity contribution in [2.45, 2.75) is 0 Å². The molecule has 0 saturated heterocycles. The van der Waals surface area contributed by atoms with Crippen molar-refractivity contribution in [2.24, 2.45) is 0 Å². The van der Waals surface area contributed by atoms with Crippen molar-refractivity contribution in [1.29, 1.82) is 0 Å². The Morgan fingerprint density at radius 3 is 2.94 bits per heavy atom. The maximum Gasteiger partial charge on any atom is 0.199 e. The Bertz CT molecular complexity index is 521. The van der Waals surface area contributed by atoms with Gasteiger partial charge in [-0.1, -0.05) is 0 Å². The second kappa shape index (κ2) is 4.49. The van der Waals surface area contributed by atoms with Crippen molar-refractivity contribution >= 4 is 21.7 Å². The fraction of sp³-hybridized carbons (Fsp3) is 0.0909. The van der Waals surface area contributed by atoms with Gasteiger partial charge in [-0.2, -0.15) is 0 Å². The van der Waals surface area contributed by atoms with Gasteiger partial charge < -0.3 is 9.15 Å². The Labute approximate surface area is 100 Å². The molecule has 82 valence electrons. The van der Waals surface area contributed by atoms with Crippen LogP contribution in [0.3, 0.4) is 0 Å². The number of rotatable bonds is 3. The van der Waals surface area contributed by atoms with E-state index in [2.05, 4.69) is 20.9 Å². The third-order valence-corrected chi connectivity index (χ3v) is 2.69. The van der Waals surface area contributed by atoms with Crippen LogP contribution >= 0.6 is 15.9 Å². The van der Waals surface area contributed by atoms with E-state index in [1.165, 1.54) is 19.6 Å². The maximum atomic E-state index is 12.0. The van der Waals surface area contributed by atoms with Gasteiger partial charge in [0.1, 0.15) is 5.75 Å². The summed E-state index contributed by atoms with van der Waals surface area (Å²) >= 11 is 3.16. The standard InChI is InChI=1S/C11H8BrNO3/c1-15-8-4-7(5-13-6-8)10(14)9-2-3-16-11(9)12/h2-6H,1H3. The molecule has 2 aromatic rings. The largest absolute Gasteiger partial charge is 0.495 e. The van der Waals surface area contributed by atoms with Crippen LogP contribution in [0.15, 0.2) is 39.9 Å². The summed E-state index contributed by atoms with van der Waals surface area (Å²) in [6.45, 7) is 0. The van der Waals surface area contributed by atoms with Gasteiger partial charge in [-0.15, -0.1) is 0 Å². The molecule has 2 rings (SSSR count). The molecular formula is C11H8BrNO3. The molecule has 0 radical (unpaired) electrons. The lowest BCUT2D eigenvalue weighted by atomic mass is 10.1. The molecule has 0 aromatic carbocycles. The highest BCUT2D eigenvalue weighted by molar-refractivity contribution is 9.10. The van der Waals surface area contributed by atoms with Crippen molar-refractivity contribution < 1.29 is 13.9 Å². The number of ketones is 1. The molecule has 0 amide bonds. The van der Waals surface area contributed by atoms with E-state index in [1.807, 2.05) is 0 Å². The molecule has 16 heavy (non-hydrogen) atoms. The molecule has 0 N–H and O–H groups in total. The van der Waals surface area contributed by atoms with Crippen LogP contribution in [-0.2, 0) is 0 Å². The Morgan fingerprint density at radius 2 is 2.31 bits per heavy atom. The molecular weight excluding hydrogens is 274 g/mol. The number of aromatic nitrogens is 1. The zero-order valence-electron chi connectivity index (χ0n) is 8.44. The number of hydrogen-bond donors (Lipinski definition) is 0. The first-order chi connectivity index (χ1) is 7.72. The molecule has 0 atom stereocenters. The van der Waals surface area contributed by atoms with E-state index in [4.69, 9.17) is 9.15 Å². The van der Waals surface area contributed by atoms with E-state index in [0.717, 1.165) is 0 Å². The van der Waals surface area contributed by atoms with Gasteiger partial charge in [0.15, 0.2) is 10.5 Å². The summed E-state index contributed by atoms with van der Waals surface area (Å²) in [6, 6.07) is 3.24. The molecule has 0 aliphatic rings. The normalized spacial score (nSPS) is 10.1. The zero-order valence-corrected chi connectivity index (χ0v) is 10.0. The SMILES string of the molecule is COc1cncc(C(=O)c2ccoc2Br)c1. The number of methoxy groups -OCH3 is 1. The molecule has 0 saturated carbocycles. The highest BCUT2D eigenvalue weighted by atomic mass is 79.9. The smallest absolute Gasteiger partial charge is 0.199 e. The Balaban J connectivity index is 2.38. The Morgan fingerprint density at radius 1 is 1.50 bits per heavy atom. The number of pyridine rings is 1. The van der Waals surface area contributed by atoms with Crippen LogP contribution in [-0.4, -0.2) is 17.9 Å². The fourth-order valence-electron chi connectivity index (χ4n) is 1.27. The number of carbonyl (C=O) groups excluding carboxylic acids is 1. The van der Waals surface area contributed by atoms with E-state index in [0.29, 0.717) is 21.5 Å². The molecule has 0 bridgehead atoms. The number of furan rings is 1. The lowest BCUT2D eigenvalue weighted by molar-refractivity contribution is 0.103. The lowest BCUT2D eigenvalue weighted by Crippen LogP contribution is -2.01. The minimum atomic E-state index is -0.160. The van der Waals surface area contributed by atoms with E-state index >= 15 is 0 Å². The fourth-order valence-corrected chi connectivity index (χ4v) is 1.69. The van der Waals surface area contributed by atoms with E-state index < -0.39 is 0 Å². The van der Waals surface area contributed by atoms with Gasteiger partial charge in [-0.3, -0.25) is 9.78 Å². The summed E-state index contributed by atoms with van der Waals surface area (Å²) < 4.78 is 10.4. The predicted octanol–water partition coefficient (Wildman–Crippen LogP) is 2.68. The predicted molar refractivity (Wildman–Crippen MR) is 60.6 cm³/mol. The van der Waals surface area contributed by atoms with Gasteiger partial charge in [0.05, 0.1) is 25.1 Å². The average Bonchev–Trinajstić information content (AvgIpc) is 2.74. The van der Waals surface area contributed by atoms with Crippen molar-refractivity contribution in [2.75, 3.05) is 7.11 Å². The second-order valence-electron chi connectivity index (χ2n) is 3.05.